The molecule has 0 aromatic rings. The average molecular weight is 176 g/mol. The first-order valence-corrected chi connectivity index (χ1v) is 4.16. The van der Waals surface area contributed by atoms with Crippen molar-refractivity contribution in [3.8, 4) is 0 Å². The molecule has 1 aliphatic rings. The van der Waals surface area contributed by atoms with Gasteiger partial charge in [0.2, 0.25) is 0 Å². The molecule has 72 valence electrons. The zero-order valence-corrected chi connectivity index (χ0v) is 7.43. The first kappa shape index (κ1) is 9.92. The van der Waals surface area contributed by atoms with Crippen LogP contribution >= 0.6 is 0 Å². The van der Waals surface area contributed by atoms with Gasteiger partial charge >= 0.3 is 0 Å². The molecule has 0 amide bonds. The summed E-state index contributed by atoms with van der Waals surface area (Å²) in [6, 6.07) is 0. The maximum Gasteiger partial charge on any atom is 0.158 e. The van der Waals surface area contributed by atoms with Crippen LogP contribution in [0.25, 0.3) is 0 Å². The Balaban J connectivity index is 2.52. The van der Waals surface area contributed by atoms with Gasteiger partial charge in [-0.05, 0) is 5.92 Å². The molecule has 2 unspecified atom stereocenters. The zero-order chi connectivity index (χ0) is 9.14. The summed E-state index contributed by atoms with van der Waals surface area (Å²) in [6.45, 7) is 1.76. The Kier molecular flexibility index (Phi) is 3.46. The predicted octanol–water partition coefficient (Wildman–Crippen LogP) is -0.263. The highest BCUT2D eigenvalue weighted by Gasteiger charge is 2.34. The number of rotatable bonds is 2. The molecular formula is C8H16O4. The van der Waals surface area contributed by atoms with Crippen molar-refractivity contribution in [2.75, 3.05) is 13.7 Å². The maximum absolute atomic E-state index is 9.51. The van der Waals surface area contributed by atoms with Crippen LogP contribution < -0.4 is 0 Å². The lowest BCUT2D eigenvalue weighted by molar-refractivity contribution is -0.234. The molecule has 2 N–H and O–H groups in total. The number of hydrogen-bond donors (Lipinski definition) is 2. The topological polar surface area (TPSA) is 58.9 Å². The smallest absolute Gasteiger partial charge is 0.158 e. The summed E-state index contributed by atoms with van der Waals surface area (Å²) in [4.78, 5) is 0. The van der Waals surface area contributed by atoms with Gasteiger partial charge in [-0.1, -0.05) is 6.92 Å². The lowest BCUT2D eigenvalue weighted by Gasteiger charge is -2.36. The van der Waals surface area contributed by atoms with Crippen LogP contribution in [0.1, 0.15) is 13.3 Å². The van der Waals surface area contributed by atoms with Crippen molar-refractivity contribution < 1.29 is 19.7 Å². The molecule has 0 spiro atoms. The Morgan fingerprint density at radius 2 is 2.25 bits per heavy atom. The molecule has 0 radical (unpaired) electrons. The van der Waals surface area contributed by atoms with Crippen molar-refractivity contribution in [3.05, 3.63) is 0 Å². The molecule has 4 nitrogen and oxygen atoms in total. The van der Waals surface area contributed by atoms with Gasteiger partial charge in [-0.15, -0.1) is 0 Å². The quantitative estimate of drug-likeness (QED) is 0.608. The minimum Gasteiger partial charge on any atom is -0.394 e. The fraction of sp³-hybridized carbons (Fsp3) is 1.00. The van der Waals surface area contributed by atoms with E-state index in [1.54, 1.807) is 7.11 Å². The van der Waals surface area contributed by atoms with E-state index in [9.17, 15) is 5.11 Å². The van der Waals surface area contributed by atoms with Crippen LogP contribution in [0.4, 0.5) is 0 Å². The normalized spacial score (nSPS) is 43.0. The Bertz CT molecular complexity index is 139. The van der Waals surface area contributed by atoms with E-state index in [1.807, 2.05) is 6.92 Å². The standard InChI is InChI=1S/C8H16O4/c1-5-3-7(11-2)12-6(4-9)8(5)10/h5-10H,3-4H2,1-2H3/t5?,6?,7-,8-/m0/s1. The Hall–Kier alpha value is -0.160. The third-order valence-electron chi connectivity index (χ3n) is 2.30. The first-order valence-electron chi connectivity index (χ1n) is 4.16. The van der Waals surface area contributed by atoms with Crippen molar-refractivity contribution in [1.82, 2.24) is 0 Å². The molecule has 12 heavy (non-hydrogen) atoms. The van der Waals surface area contributed by atoms with Gasteiger partial charge in [0.25, 0.3) is 0 Å². The fourth-order valence-electron chi connectivity index (χ4n) is 1.44. The second kappa shape index (κ2) is 4.18. The summed E-state index contributed by atoms with van der Waals surface area (Å²) in [5, 5.41) is 18.4. The first-order chi connectivity index (χ1) is 5.69. The van der Waals surface area contributed by atoms with Crippen LogP contribution in [-0.4, -0.2) is 42.4 Å². The number of methoxy groups -OCH3 is 1. The molecule has 1 saturated heterocycles. The van der Waals surface area contributed by atoms with E-state index in [1.165, 1.54) is 0 Å². The van der Waals surface area contributed by atoms with Gasteiger partial charge in [0, 0.05) is 13.5 Å². The van der Waals surface area contributed by atoms with Gasteiger partial charge in [-0.3, -0.25) is 0 Å². The largest absolute Gasteiger partial charge is 0.394 e. The molecule has 4 heteroatoms. The Morgan fingerprint density at radius 1 is 1.58 bits per heavy atom. The fourth-order valence-corrected chi connectivity index (χ4v) is 1.44. The van der Waals surface area contributed by atoms with E-state index in [0.29, 0.717) is 6.42 Å². The molecule has 0 bridgehead atoms. The van der Waals surface area contributed by atoms with Gasteiger partial charge < -0.3 is 19.7 Å². The van der Waals surface area contributed by atoms with E-state index in [4.69, 9.17) is 14.6 Å². The van der Waals surface area contributed by atoms with E-state index in [-0.39, 0.29) is 18.8 Å². The highest BCUT2D eigenvalue weighted by molar-refractivity contribution is 4.79. The molecule has 0 aliphatic carbocycles. The third-order valence-corrected chi connectivity index (χ3v) is 2.30. The van der Waals surface area contributed by atoms with Crippen LogP contribution in [-0.2, 0) is 9.47 Å². The number of ether oxygens (including phenoxy) is 2. The molecule has 1 aliphatic heterocycles. The van der Waals surface area contributed by atoms with Gasteiger partial charge in [-0.25, -0.2) is 0 Å². The predicted molar refractivity (Wildman–Crippen MR) is 42.5 cm³/mol. The summed E-state index contributed by atoms with van der Waals surface area (Å²) >= 11 is 0. The second-order valence-electron chi connectivity index (χ2n) is 3.23. The lowest BCUT2D eigenvalue weighted by Crippen LogP contribution is -2.46. The van der Waals surface area contributed by atoms with Crippen LogP contribution in [0.3, 0.4) is 0 Å². The molecule has 0 saturated carbocycles. The van der Waals surface area contributed by atoms with Crippen molar-refractivity contribution in [2.45, 2.75) is 31.8 Å². The van der Waals surface area contributed by atoms with Crippen molar-refractivity contribution >= 4 is 0 Å². The number of hydrogen-bond acceptors (Lipinski definition) is 4. The molecule has 1 fully saturated rings. The van der Waals surface area contributed by atoms with E-state index >= 15 is 0 Å². The molecule has 0 aromatic carbocycles. The van der Waals surface area contributed by atoms with E-state index < -0.39 is 12.2 Å². The monoisotopic (exact) mass is 176 g/mol. The third kappa shape index (κ3) is 1.95. The summed E-state index contributed by atoms with van der Waals surface area (Å²) in [5.41, 5.74) is 0. The zero-order valence-electron chi connectivity index (χ0n) is 7.43. The van der Waals surface area contributed by atoms with Gasteiger partial charge in [0.15, 0.2) is 6.29 Å². The molecule has 1 rings (SSSR count). The van der Waals surface area contributed by atoms with Crippen molar-refractivity contribution in [2.24, 2.45) is 5.92 Å². The van der Waals surface area contributed by atoms with Crippen LogP contribution in [0.15, 0.2) is 0 Å². The average Bonchev–Trinajstić information content (AvgIpc) is 2.09. The summed E-state index contributed by atoms with van der Waals surface area (Å²) in [7, 11) is 1.56. The lowest BCUT2D eigenvalue weighted by atomic mass is 9.93. The molecular weight excluding hydrogens is 160 g/mol. The number of aliphatic hydroxyl groups is 2. The minimum absolute atomic E-state index is 0.112. The van der Waals surface area contributed by atoms with Crippen LogP contribution in [0.5, 0.6) is 0 Å². The van der Waals surface area contributed by atoms with Gasteiger partial charge in [0.1, 0.15) is 6.10 Å². The molecule has 1 heterocycles. The molecule has 4 atom stereocenters. The van der Waals surface area contributed by atoms with Crippen LogP contribution in [0, 0.1) is 5.92 Å². The highest BCUT2D eigenvalue weighted by Crippen LogP contribution is 2.25. The second-order valence-corrected chi connectivity index (χ2v) is 3.23. The summed E-state index contributed by atoms with van der Waals surface area (Å²) in [6.07, 6.45) is -0.700. The molecule has 0 aromatic heterocycles. The van der Waals surface area contributed by atoms with Crippen molar-refractivity contribution in [1.29, 1.82) is 0 Å². The summed E-state index contributed by atoms with van der Waals surface area (Å²) in [5.74, 6) is 0.112. The number of aliphatic hydroxyl groups excluding tert-OH is 2. The highest BCUT2D eigenvalue weighted by atomic mass is 16.7. The Morgan fingerprint density at radius 3 is 2.75 bits per heavy atom. The van der Waals surface area contributed by atoms with Crippen LogP contribution in [0.2, 0.25) is 0 Å². The van der Waals surface area contributed by atoms with E-state index in [0.717, 1.165) is 0 Å². The summed E-state index contributed by atoms with van der Waals surface area (Å²) < 4.78 is 10.2. The van der Waals surface area contributed by atoms with E-state index in [2.05, 4.69) is 0 Å². The maximum atomic E-state index is 9.51. The SMILES string of the molecule is CO[C@@H]1CC(C)[C@H](O)C(CO)O1. The Labute approximate surface area is 72.1 Å². The van der Waals surface area contributed by atoms with Gasteiger partial charge in [-0.2, -0.15) is 0 Å². The van der Waals surface area contributed by atoms with Crippen molar-refractivity contribution in [3.63, 3.8) is 0 Å². The van der Waals surface area contributed by atoms with Gasteiger partial charge in [0.05, 0.1) is 12.7 Å². The minimum atomic E-state index is -0.582.